The Hall–Kier alpha value is -1.44. The first-order valence-electron chi connectivity index (χ1n) is 6.21. The molecule has 0 unspecified atom stereocenters. The van der Waals surface area contributed by atoms with E-state index in [1.807, 2.05) is 37.3 Å². The zero-order valence-electron chi connectivity index (χ0n) is 10.3. The summed E-state index contributed by atoms with van der Waals surface area (Å²) in [6, 6.07) is 9.39. The predicted molar refractivity (Wildman–Crippen MR) is 66.8 cm³/mol. The highest BCUT2D eigenvalue weighted by molar-refractivity contribution is 5.98. The predicted octanol–water partition coefficient (Wildman–Crippen LogP) is 3.12. The summed E-state index contributed by atoms with van der Waals surface area (Å²) >= 11 is 0. The maximum Gasteiger partial charge on any atom is 0.166 e. The van der Waals surface area contributed by atoms with E-state index in [9.17, 15) is 9.59 Å². The lowest BCUT2D eigenvalue weighted by molar-refractivity contribution is -0.121. The third-order valence-corrected chi connectivity index (χ3v) is 3.98. The van der Waals surface area contributed by atoms with Crippen molar-refractivity contribution in [2.75, 3.05) is 0 Å². The van der Waals surface area contributed by atoms with Crippen LogP contribution in [0.15, 0.2) is 30.3 Å². The van der Waals surface area contributed by atoms with Gasteiger partial charge in [0.15, 0.2) is 5.78 Å². The molecule has 0 saturated heterocycles. The molecule has 0 heterocycles. The second-order valence-corrected chi connectivity index (χ2v) is 4.99. The average Bonchev–Trinajstić information content (AvgIpc) is 2.71. The summed E-state index contributed by atoms with van der Waals surface area (Å²) in [5.74, 6) is 0.696. The Morgan fingerprint density at radius 1 is 1.06 bits per heavy atom. The van der Waals surface area contributed by atoms with Crippen molar-refractivity contribution in [2.45, 2.75) is 26.7 Å². The van der Waals surface area contributed by atoms with E-state index in [0.29, 0.717) is 0 Å². The van der Waals surface area contributed by atoms with Gasteiger partial charge >= 0.3 is 0 Å². The van der Waals surface area contributed by atoms with E-state index in [1.54, 1.807) is 6.92 Å². The average molecular weight is 230 g/mol. The van der Waals surface area contributed by atoms with Gasteiger partial charge < -0.3 is 0 Å². The number of carbonyl (C=O) groups is 2. The van der Waals surface area contributed by atoms with Gasteiger partial charge in [0.05, 0.1) is 0 Å². The molecule has 1 aliphatic rings. The van der Waals surface area contributed by atoms with Crippen molar-refractivity contribution in [1.29, 1.82) is 0 Å². The van der Waals surface area contributed by atoms with Crippen molar-refractivity contribution in [3.8, 4) is 0 Å². The van der Waals surface area contributed by atoms with E-state index < -0.39 is 0 Å². The Morgan fingerprint density at radius 3 is 2.18 bits per heavy atom. The Bertz CT molecular complexity index is 422. The first-order chi connectivity index (χ1) is 8.11. The van der Waals surface area contributed by atoms with Crippen molar-refractivity contribution in [3.63, 3.8) is 0 Å². The highest BCUT2D eigenvalue weighted by Gasteiger charge is 2.39. The molecule has 0 spiro atoms. The Kier molecular flexibility index (Phi) is 3.41. The van der Waals surface area contributed by atoms with E-state index in [1.165, 1.54) is 0 Å². The molecule has 0 N–H and O–H groups in total. The van der Waals surface area contributed by atoms with Gasteiger partial charge in [-0.3, -0.25) is 9.59 Å². The monoisotopic (exact) mass is 230 g/mol. The number of rotatable bonds is 3. The third kappa shape index (κ3) is 2.31. The molecule has 2 rings (SSSR count). The zero-order valence-corrected chi connectivity index (χ0v) is 10.3. The summed E-state index contributed by atoms with van der Waals surface area (Å²) in [6.07, 6.45) is 1.71. The SMILES string of the molecule is CC(=O)[C@H]1CC[C@@H](C(=O)c2ccccc2)[C@@H]1C. The molecule has 0 radical (unpaired) electrons. The van der Waals surface area contributed by atoms with Crippen LogP contribution in [0.3, 0.4) is 0 Å². The Morgan fingerprint density at radius 2 is 1.65 bits per heavy atom. The molecule has 3 atom stereocenters. The van der Waals surface area contributed by atoms with E-state index in [0.717, 1.165) is 18.4 Å². The second kappa shape index (κ2) is 4.82. The fourth-order valence-electron chi connectivity index (χ4n) is 2.93. The van der Waals surface area contributed by atoms with Gasteiger partial charge in [-0.15, -0.1) is 0 Å². The molecule has 1 aliphatic carbocycles. The molecule has 90 valence electrons. The molecule has 0 bridgehead atoms. The van der Waals surface area contributed by atoms with Crippen LogP contribution in [0.1, 0.15) is 37.0 Å². The molecular formula is C15H18O2. The normalized spacial score (nSPS) is 28.0. The summed E-state index contributed by atoms with van der Waals surface area (Å²) in [5, 5.41) is 0. The molecular weight excluding hydrogens is 212 g/mol. The van der Waals surface area contributed by atoms with Crippen molar-refractivity contribution >= 4 is 11.6 Å². The van der Waals surface area contributed by atoms with Gasteiger partial charge in [-0.2, -0.15) is 0 Å². The lowest BCUT2D eigenvalue weighted by atomic mass is 9.85. The van der Waals surface area contributed by atoms with Gasteiger partial charge in [0.25, 0.3) is 0 Å². The first kappa shape index (κ1) is 12.0. The molecule has 0 amide bonds. The number of hydrogen-bond acceptors (Lipinski definition) is 2. The van der Waals surface area contributed by atoms with Gasteiger partial charge in [-0.25, -0.2) is 0 Å². The van der Waals surface area contributed by atoms with Crippen LogP contribution in [0, 0.1) is 17.8 Å². The molecule has 17 heavy (non-hydrogen) atoms. The number of Topliss-reactive ketones (excluding diaryl/α,β-unsaturated/α-hetero) is 2. The molecule has 1 aromatic carbocycles. The van der Waals surface area contributed by atoms with Gasteiger partial charge in [0.2, 0.25) is 0 Å². The molecule has 2 heteroatoms. The smallest absolute Gasteiger partial charge is 0.166 e. The van der Waals surface area contributed by atoms with Crippen molar-refractivity contribution in [1.82, 2.24) is 0 Å². The largest absolute Gasteiger partial charge is 0.300 e. The number of ketones is 2. The minimum atomic E-state index is 0.0197. The van der Waals surface area contributed by atoms with Crippen molar-refractivity contribution in [3.05, 3.63) is 35.9 Å². The maximum absolute atomic E-state index is 12.3. The quantitative estimate of drug-likeness (QED) is 0.748. The molecule has 1 fully saturated rings. The van der Waals surface area contributed by atoms with Gasteiger partial charge in [0.1, 0.15) is 5.78 Å². The topological polar surface area (TPSA) is 34.1 Å². The zero-order chi connectivity index (χ0) is 12.4. The van der Waals surface area contributed by atoms with Crippen LogP contribution in [0.4, 0.5) is 0 Å². The third-order valence-electron chi connectivity index (χ3n) is 3.98. The van der Waals surface area contributed by atoms with Gasteiger partial charge in [-0.1, -0.05) is 37.3 Å². The molecule has 1 saturated carbocycles. The lowest BCUT2D eigenvalue weighted by Crippen LogP contribution is -2.23. The van der Waals surface area contributed by atoms with Crippen LogP contribution in [-0.2, 0) is 4.79 Å². The highest BCUT2D eigenvalue weighted by Crippen LogP contribution is 2.39. The fourth-order valence-corrected chi connectivity index (χ4v) is 2.93. The number of carbonyl (C=O) groups excluding carboxylic acids is 2. The minimum Gasteiger partial charge on any atom is -0.300 e. The fraction of sp³-hybridized carbons (Fsp3) is 0.467. The van der Waals surface area contributed by atoms with Crippen LogP contribution < -0.4 is 0 Å². The molecule has 2 nitrogen and oxygen atoms in total. The van der Waals surface area contributed by atoms with Crippen molar-refractivity contribution < 1.29 is 9.59 Å². The van der Waals surface area contributed by atoms with Crippen molar-refractivity contribution in [2.24, 2.45) is 17.8 Å². The molecule has 1 aromatic rings. The van der Waals surface area contributed by atoms with E-state index in [4.69, 9.17) is 0 Å². The summed E-state index contributed by atoms with van der Waals surface area (Å²) in [7, 11) is 0. The highest BCUT2D eigenvalue weighted by atomic mass is 16.1. The molecule has 0 aliphatic heterocycles. The standard InChI is InChI=1S/C15H18O2/c1-10-13(11(2)16)8-9-14(10)15(17)12-6-4-3-5-7-12/h3-7,10,13-14H,8-9H2,1-2H3/t10-,13+,14-/m1/s1. The van der Waals surface area contributed by atoms with E-state index in [2.05, 4.69) is 0 Å². The number of hydrogen-bond donors (Lipinski definition) is 0. The molecule has 0 aromatic heterocycles. The summed E-state index contributed by atoms with van der Waals surface area (Å²) < 4.78 is 0. The van der Waals surface area contributed by atoms with E-state index in [-0.39, 0.29) is 29.3 Å². The summed E-state index contributed by atoms with van der Waals surface area (Å²) in [6.45, 7) is 3.67. The minimum absolute atomic E-state index is 0.0197. The van der Waals surface area contributed by atoms with Gasteiger partial charge in [0, 0.05) is 17.4 Å². The second-order valence-electron chi connectivity index (χ2n) is 4.99. The lowest BCUT2D eigenvalue weighted by Gasteiger charge is -2.17. The first-order valence-corrected chi connectivity index (χ1v) is 6.21. The van der Waals surface area contributed by atoms with Crippen LogP contribution in [-0.4, -0.2) is 11.6 Å². The van der Waals surface area contributed by atoms with Crippen LogP contribution in [0.25, 0.3) is 0 Å². The maximum atomic E-state index is 12.3. The summed E-state index contributed by atoms with van der Waals surface area (Å²) in [4.78, 5) is 23.8. The Balaban J connectivity index is 2.15. The van der Waals surface area contributed by atoms with Crippen LogP contribution in [0.2, 0.25) is 0 Å². The summed E-state index contributed by atoms with van der Waals surface area (Å²) in [5.41, 5.74) is 0.772. The van der Waals surface area contributed by atoms with Crippen LogP contribution >= 0.6 is 0 Å². The Labute approximate surface area is 102 Å². The van der Waals surface area contributed by atoms with Crippen LogP contribution in [0.5, 0.6) is 0 Å². The van der Waals surface area contributed by atoms with Gasteiger partial charge in [-0.05, 0) is 25.7 Å². The number of benzene rings is 1. The van der Waals surface area contributed by atoms with E-state index >= 15 is 0 Å².